The first-order chi connectivity index (χ1) is 12.1. The van der Waals surface area contributed by atoms with Crippen LogP contribution >= 0.6 is 23.2 Å². The van der Waals surface area contributed by atoms with Crippen LogP contribution in [0.5, 0.6) is 5.75 Å². The van der Waals surface area contributed by atoms with Crippen LogP contribution in [0.2, 0.25) is 10.0 Å². The van der Waals surface area contributed by atoms with Gasteiger partial charge in [0.1, 0.15) is 11.6 Å². The molecule has 0 saturated carbocycles. The molecular weight excluding hydrogens is 401 g/mol. The van der Waals surface area contributed by atoms with Gasteiger partial charge < -0.3 is 10.4 Å². The number of nitriles is 1. The number of sulfonamides is 1. The first-order valence-corrected chi connectivity index (χ1v) is 9.16. The molecule has 0 aliphatic heterocycles. The van der Waals surface area contributed by atoms with Gasteiger partial charge in [-0.3, -0.25) is 4.79 Å². The molecule has 0 aliphatic carbocycles. The number of hydrogen-bond donors (Lipinski definition) is 3. The molecule has 10 heteroatoms. The fourth-order valence-electron chi connectivity index (χ4n) is 1.91. The molecule has 0 aromatic heterocycles. The number of carbonyl (C=O) groups excluding carboxylic acids is 1. The van der Waals surface area contributed by atoms with Crippen LogP contribution in [0.4, 0.5) is 5.69 Å². The number of benzene rings is 2. The van der Waals surface area contributed by atoms with Crippen LogP contribution < -0.4 is 10.5 Å². The second kappa shape index (κ2) is 7.76. The molecule has 4 N–H and O–H groups in total. The van der Waals surface area contributed by atoms with E-state index in [1.165, 1.54) is 42.5 Å². The second-order valence-corrected chi connectivity index (χ2v) is 7.40. The number of anilines is 1. The number of nitrogens with two attached hydrogens (primary N) is 1. The Hall–Kier alpha value is -2.57. The SMILES string of the molecule is N#CC(=Cc1cc(Cl)c(O)c(Cl)c1)C(=O)Nc1ccc(S(N)(=O)=O)cc1. The number of rotatable bonds is 4. The van der Waals surface area contributed by atoms with Crippen molar-refractivity contribution in [1.29, 1.82) is 5.26 Å². The fraction of sp³-hybridized carbons (Fsp3) is 0. The standard InChI is InChI=1S/C16H11Cl2N3O4S/c17-13-6-9(7-14(18)15(13)22)5-10(8-19)16(23)21-11-1-3-12(4-2-11)26(20,24)25/h1-7,22H,(H,21,23)(H2,20,24,25). The van der Waals surface area contributed by atoms with Gasteiger partial charge in [0, 0.05) is 5.69 Å². The molecule has 26 heavy (non-hydrogen) atoms. The third kappa shape index (κ3) is 4.74. The Morgan fingerprint density at radius 3 is 2.19 bits per heavy atom. The van der Waals surface area contributed by atoms with Crippen molar-refractivity contribution >= 4 is 50.9 Å². The molecule has 0 heterocycles. The van der Waals surface area contributed by atoms with Crippen LogP contribution in [-0.2, 0) is 14.8 Å². The quantitative estimate of drug-likeness (QED) is 0.525. The molecule has 0 saturated heterocycles. The summed E-state index contributed by atoms with van der Waals surface area (Å²) >= 11 is 11.6. The van der Waals surface area contributed by atoms with Crippen molar-refractivity contribution in [3.8, 4) is 11.8 Å². The number of hydrogen-bond acceptors (Lipinski definition) is 5. The van der Waals surface area contributed by atoms with Gasteiger partial charge in [0.15, 0.2) is 5.75 Å². The molecule has 2 aromatic rings. The Bertz CT molecular complexity index is 1020. The zero-order valence-electron chi connectivity index (χ0n) is 12.9. The molecule has 1 amide bonds. The molecular formula is C16H11Cl2N3O4S. The summed E-state index contributed by atoms with van der Waals surface area (Å²) in [5, 5.41) is 26.1. The van der Waals surface area contributed by atoms with Gasteiger partial charge in [-0.15, -0.1) is 0 Å². The summed E-state index contributed by atoms with van der Waals surface area (Å²) in [6, 6.07) is 9.54. The van der Waals surface area contributed by atoms with Crippen LogP contribution in [0.15, 0.2) is 46.9 Å². The summed E-state index contributed by atoms with van der Waals surface area (Å²) in [6.45, 7) is 0. The largest absolute Gasteiger partial charge is 0.505 e. The van der Waals surface area contributed by atoms with Gasteiger partial charge in [-0.25, -0.2) is 13.6 Å². The number of halogens is 2. The van der Waals surface area contributed by atoms with E-state index in [1.807, 2.05) is 0 Å². The summed E-state index contributed by atoms with van der Waals surface area (Å²) in [5.74, 6) is -1.03. The summed E-state index contributed by atoms with van der Waals surface area (Å²) in [7, 11) is -3.84. The first-order valence-electron chi connectivity index (χ1n) is 6.86. The highest BCUT2D eigenvalue weighted by Gasteiger charge is 2.13. The Labute approximate surface area is 159 Å². The highest BCUT2D eigenvalue weighted by Crippen LogP contribution is 2.33. The van der Waals surface area contributed by atoms with Crippen LogP contribution in [0.1, 0.15) is 5.56 Å². The molecule has 0 radical (unpaired) electrons. The molecule has 7 nitrogen and oxygen atoms in total. The third-order valence-corrected chi connectivity index (χ3v) is 4.66. The number of aromatic hydroxyl groups is 1. The third-order valence-electron chi connectivity index (χ3n) is 3.16. The highest BCUT2D eigenvalue weighted by atomic mass is 35.5. The van der Waals surface area contributed by atoms with E-state index in [-0.39, 0.29) is 32.0 Å². The van der Waals surface area contributed by atoms with Gasteiger partial charge in [0.05, 0.1) is 14.9 Å². The Balaban J connectivity index is 2.25. The van der Waals surface area contributed by atoms with Crippen molar-refractivity contribution in [2.75, 3.05) is 5.32 Å². The van der Waals surface area contributed by atoms with Crippen molar-refractivity contribution in [2.24, 2.45) is 5.14 Å². The average Bonchev–Trinajstić information content (AvgIpc) is 2.57. The number of phenols is 1. The molecule has 134 valence electrons. The van der Waals surface area contributed by atoms with Gasteiger partial charge in [0.2, 0.25) is 10.0 Å². The number of nitrogens with one attached hydrogen (secondary N) is 1. The minimum Gasteiger partial charge on any atom is -0.505 e. The van der Waals surface area contributed by atoms with Crippen LogP contribution in [0, 0.1) is 11.3 Å². The number of nitrogens with zero attached hydrogens (tertiary/aromatic N) is 1. The van der Waals surface area contributed by atoms with Crippen molar-refractivity contribution in [3.63, 3.8) is 0 Å². The van der Waals surface area contributed by atoms with E-state index in [1.54, 1.807) is 6.07 Å². The fourth-order valence-corrected chi connectivity index (χ4v) is 2.93. The number of carbonyl (C=O) groups is 1. The Kier molecular flexibility index (Phi) is 5.90. The monoisotopic (exact) mass is 411 g/mol. The van der Waals surface area contributed by atoms with E-state index in [0.29, 0.717) is 5.56 Å². The lowest BCUT2D eigenvalue weighted by Gasteiger charge is -2.06. The van der Waals surface area contributed by atoms with Crippen molar-refractivity contribution < 1.29 is 18.3 Å². The van der Waals surface area contributed by atoms with Crippen molar-refractivity contribution in [1.82, 2.24) is 0 Å². The van der Waals surface area contributed by atoms with Crippen LogP contribution in [0.3, 0.4) is 0 Å². The molecule has 0 spiro atoms. The second-order valence-electron chi connectivity index (χ2n) is 5.03. The van der Waals surface area contributed by atoms with E-state index in [0.717, 1.165) is 0 Å². The van der Waals surface area contributed by atoms with E-state index in [2.05, 4.69) is 5.32 Å². The Morgan fingerprint density at radius 2 is 1.73 bits per heavy atom. The van der Waals surface area contributed by atoms with Gasteiger partial charge in [-0.05, 0) is 48.0 Å². The molecule has 0 unspecified atom stereocenters. The molecule has 2 rings (SSSR count). The molecule has 0 fully saturated rings. The predicted molar refractivity (Wildman–Crippen MR) is 98.2 cm³/mol. The minimum atomic E-state index is -3.84. The van der Waals surface area contributed by atoms with E-state index < -0.39 is 15.9 Å². The summed E-state index contributed by atoms with van der Waals surface area (Å²) in [5.41, 5.74) is 0.359. The number of primary sulfonamides is 1. The maximum absolute atomic E-state index is 12.2. The topological polar surface area (TPSA) is 133 Å². The maximum Gasteiger partial charge on any atom is 0.266 e. The smallest absolute Gasteiger partial charge is 0.266 e. The minimum absolute atomic E-state index is 0.0277. The van der Waals surface area contributed by atoms with E-state index in [9.17, 15) is 23.6 Å². The van der Waals surface area contributed by atoms with Gasteiger partial charge >= 0.3 is 0 Å². The van der Waals surface area contributed by atoms with Gasteiger partial charge in [0.25, 0.3) is 5.91 Å². The zero-order valence-corrected chi connectivity index (χ0v) is 15.2. The lowest BCUT2D eigenvalue weighted by Crippen LogP contribution is -2.14. The van der Waals surface area contributed by atoms with Crippen molar-refractivity contribution in [3.05, 3.63) is 57.6 Å². The molecule has 0 aliphatic rings. The van der Waals surface area contributed by atoms with Gasteiger partial charge in [-0.1, -0.05) is 23.2 Å². The zero-order chi connectivity index (χ0) is 19.5. The van der Waals surface area contributed by atoms with Crippen molar-refractivity contribution in [2.45, 2.75) is 4.90 Å². The van der Waals surface area contributed by atoms with E-state index >= 15 is 0 Å². The summed E-state index contributed by atoms with van der Waals surface area (Å²) < 4.78 is 22.4. The van der Waals surface area contributed by atoms with Gasteiger partial charge in [-0.2, -0.15) is 5.26 Å². The van der Waals surface area contributed by atoms with Crippen LogP contribution in [0.25, 0.3) is 6.08 Å². The van der Waals surface area contributed by atoms with Crippen LogP contribution in [-0.4, -0.2) is 19.4 Å². The lowest BCUT2D eigenvalue weighted by atomic mass is 10.1. The molecule has 0 bridgehead atoms. The highest BCUT2D eigenvalue weighted by molar-refractivity contribution is 7.89. The lowest BCUT2D eigenvalue weighted by molar-refractivity contribution is -0.112. The Morgan fingerprint density at radius 1 is 1.19 bits per heavy atom. The molecule has 2 aromatic carbocycles. The summed E-state index contributed by atoms with van der Waals surface area (Å²) in [4.78, 5) is 12.1. The molecule has 0 atom stereocenters. The van der Waals surface area contributed by atoms with E-state index in [4.69, 9.17) is 28.3 Å². The number of phenolic OH excluding ortho intramolecular Hbond substituents is 1. The number of amides is 1. The predicted octanol–water partition coefficient (Wildman–Crippen LogP) is 2.89. The first kappa shape index (κ1) is 19.8. The average molecular weight is 412 g/mol. The summed E-state index contributed by atoms with van der Waals surface area (Å²) in [6.07, 6.45) is 1.24. The normalized spacial score (nSPS) is 11.7. The maximum atomic E-state index is 12.2.